The molecule has 26 heavy (non-hydrogen) atoms. The average Bonchev–Trinajstić information content (AvgIpc) is 3.02. The van der Waals surface area contributed by atoms with Crippen molar-refractivity contribution in [1.29, 1.82) is 0 Å². The van der Waals surface area contributed by atoms with Crippen LogP contribution >= 0.6 is 12.4 Å². The number of anilines is 1. The Balaban J connectivity index is 0.00000196. The van der Waals surface area contributed by atoms with E-state index in [2.05, 4.69) is 29.5 Å². The number of halogens is 1. The number of hydrogen-bond acceptors (Lipinski definition) is 2. The van der Waals surface area contributed by atoms with Gasteiger partial charge in [-0.2, -0.15) is 0 Å². The number of hydrogen-bond donors (Lipinski definition) is 0. The molecule has 0 radical (unpaired) electrons. The van der Waals surface area contributed by atoms with Crippen molar-refractivity contribution in [3.8, 4) is 23.6 Å². The number of nitrogens with zero attached hydrogens (tertiary/aromatic N) is 3. The van der Waals surface area contributed by atoms with Crippen molar-refractivity contribution in [1.82, 2.24) is 9.38 Å². The quantitative estimate of drug-likeness (QED) is 0.660. The molecule has 0 aliphatic carbocycles. The zero-order chi connectivity index (χ0) is 17.4. The van der Waals surface area contributed by atoms with Gasteiger partial charge in [-0.1, -0.05) is 25.0 Å². The third-order valence-corrected chi connectivity index (χ3v) is 4.77. The van der Waals surface area contributed by atoms with Crippen LogP contribution in [0.25, 0.3) is 16.9 Å². The van der Waals surface area contributed by atoms with Gasteiger partial charge in [-0.05, 0) is 42.7 Å². The fourth-order valence-electron chi connectivity index (χ4n) is 3.59. The zero-order valence-electron chi connectivity index (χ0n) is 14.6. The molecule has 132 valence electrons. The number of benzene rings is 1. The molecule has 5 heteroatoms. The van der Waals surface area contributed by atoms with Crippen molar-refractivity contribution >= 4 is 29.6 Å². The molecule has 1 aliphatic heterocycles. The summed E-state index contributed by atoms with van der Waals surface area (Å²) >= 11 is 0. The van der Waals surface area contributed by atoms with Gasteiger partial charge in [0.15, 0.2) is 0 Å². The van der Waals surface area contributed by atoms with E-state index in [-0.39, 0.29) is 18.3 Å². The van der Waals surface area contributed by atoms with Crippen LogP contribution in [-0.4, -0.2) is 21.8 Å². The number of aromatic nitrogens is 2. The van der Waals surface area contributed by atoms with Crippen LogP contribution in [-0.2, 0) is 17.6 Å². The Morgan fingerprint density at radius 2 is 2.08 bits per heavy atom. The topological polar surface area (TPSA) is 37.6 Å². The fraction of sp³-hybridized carbons (Fsp3) is 0.238. The van der Waals surface area contributed by atoms with Crippen molar-refractivity contribution in [2.45, 2.75) is 26.2 Å². The summed E-state index contributed by atoms with van der Waals surface area (Å²) in [7, 11) is 0. The Bertz CT molecular complexity index is 1020. The van der Waals surface area contributed by atoms with E-state index >= 15 is 0 Å². The van der Waals surface area contributed by atoms with Crippen LogP contribution in [0.4, 0.5) is 5.69 Å². The molecule has 0 bridgehead atoms. The molecular formula is C21H20ClN3O. The monoisotopic (exact) mass is 365 g/mol. The van der Waals surface area contributed by atoms with Crippen LogP contribution in [0.2, 0.25) is 0 Å². The van der Waals surface area contributed by atoms with E-state index in [1.54, 1.807) is 4.90 Å². The molecule has 1 amide bonds. The molecule has 0 saturated carbocycles. The first kappa shape index (κ1) is 18.0. The van der Waals surface area contributed by atoms with E-state index in [0.29, 0.717) is 13.0 Å². The molecular weight excluding hydrogens is 346 g/mol. The summed E-state index contributed by atoms with van der Waals surface area (Å²) in [6, 6.07) is 12.3. The molecule has 2 aromatic heterocycles. The number of carbonyl (C=O) groups excluding carboxylic acids is 1. The fourth-order valence-corrected chi connectivity index (χ4v) is 3.59. The highest BCUT2D eigenvalue weighted by molar-refractivity contribution is 5.97. The van der Waals surface area contributed by atoms with Gasteiger partial charge in [0.1, 0.15) is 5.65 Å². The second-order valence-electron chi connectivity index (χ2n) is 6.22. The summed E-state index contributed by atoms with van der Waals surface area (Å²) in [6.45, 7) is 2.46. The van der Waals surface area contributed by atoms with Crippen LogP contribution in [0.5, 0.6) is 0 Å². The molecule has 3 aromatic rings. The van der Waals surface area contributed by atoms with Crippen LogP contribution in [0.1, 0.15) is 24.6 Å². The van der Waals surface area contributed by atoms with E-state index < -0.39 is 0 Å². The van der Waals surface area contributed by atoms with Gasteiger partial charge in [0, 0.05) is 23.9 Å². The summed E-state index contributed by atoms with van der Waals surface area (Å²) in [5, 5.41) is 0. The lowest BCUT2D eigenvalue weighted by Crippen LogP contribution is -2.35. The van der Waals surface area contributed by atoms with Crippen LogP contribution in [0.3, 0.4) is 0 Å². The highest BCUT2D eigenvalue weighted by atomic mass is 35.5. The summed E-state index contributed by atoms with van der Waals surface area (Å²) in [6.07, 6.45) is 9.63. The Morgan fingerprint density at radius 1 is 1.23 bits per heavy atom. The maximum Gasteiger partial charge on any atom is 0.228 e. The molecule has 0 N–H and O–H groups in total. The lowest BCUT2D eigenvalue weighted by atomic mass is 9.97. The Hall–Kier alpha value is -2.77. The van der Waals surface area contributed by atoms with Gasteiger partial charge in [0.25, 0.3) is 0 Å². The average molecular weight is 366 g/mol. The Kier molecular flexibility index (Phi) is 5.01. The molecule has 0 saturated heterocycles. The number of amides is 1. The van der Waals surface area contributed by atoms with E-state index in [1.165, 1.54) is 5.69 Å². The number of imidazole rings is 1. The van der Waals surface area contributed by atoms with Crippen LogP contribution in [0, 0.1) is 12.3 Å². The molecule has 4 rings (SSSR count). The molecule has 3 heterocycles. The van der Waals surface area contributed by atoms with E-state index in [4.69, 9.17) is 11.4 Å². The molecule has 4 nitrogen and oxygen atoms in total. The first-order valence-electron chi connectivity index (χ1n) is 8.56. The van der Waals surface area contributed by atoms with Gasteiger partial charge in [0.2, 0.25) is 5.91 Å². The highest BCUT2D eigenvalue weighted by Gasteiger charge is 2.24. The number of carbonyl (C=O) groups is 1. The molecule has 0 fully saturated rings. The number of terminal acetylenes is 1. The van der Waals surface area contributed by atoms with Gasteiger partial charge >= 0.3 is 0 Å². The first-order valence-corrected chi connectivity index (χ1v) is 8.56. The van der Waals surface area contributed by atoms with Gasteiger partial charge in [-0.3, -0.25) is 4.79 Å². The van der Waals surface area contributed by atoms with E-state index in [1.807, 2.05) is 30.3 Å². The number of fused-ring (bicyclic) bond motifs is 2. The highest BCUT2D eigenvalue weighted by Crippen LogP contribution is 2.33. The standard InChI is InChI=1S/C21H19N3O.ClH/c1-3-12-24-18-10-8-16(14-15(18)9-11-20(24)25)21-17(4-2)23-13-6-5-7-19(23)22-21;/h1,5-8,10,13-14H,4,9,11-12H2,2H3;1H. The smallest absolute Gasteiger partial charge is 0.228 e. The van der Waals surface area contributed by atoms with Gasteiger partial charge in [-0.15, -0.1) is 18.8 Å². The van der Waals surface area contributed by atoms with Gasteiger partial charge in [0.05, 0.1) is 17.9 Å². The molecule has 0 spiro atoms. The molecule has 0 unspecified atom stereocenters. The molecule has 1 aromatic carbocycles. The maximum absolute atomic E-state index is 12.1. The minimum absolute atomic E-state index is 0. The molecule has 0 atom stereocenters. The van der Waals surface area contributed by atoms with Gasteiger partial charge < -0.3 is 9.30 Å². The number of rotatable bonds is 3. The van der Waals surface area contributed by atoms with Gasteiger partial charge in [-0.25, -0.2) is 4.98 Å². The largest absolute Gasteiger partial charge is 0.303 e. The lowest BCUT2D eigenvalue weighted by molar-refractivity contribution is -0.118. The minimum atomic E-state index is 0. The minimum Gasteiger partial charge on any atom is -0.303 e. The van der Waals surface area contributed by atoms with Crippen LogP contribution in [0.15, 0.2) is 42.6 Å². The summed E-state index contributed by atoms with van der Waals surface area (Å²) < 4.78 is 2.14. The van der Waals surface area contributed by atoms with Crippen molar-refractivity contribution in [2.24, 2.45) is 0 Å². The van der Waals surface area contributed by atoms with Crippen molar-refractivity contribution in [2.75, 3.05) is 11.4 Å². The van der Waals surface area contributed by atoms with Crippen molar-refractivity contribution in [3.63, 3.8) is 0 Å². The Labute approximate surface area is 159 Å². The SMILES string of the molecule is C#CCN1C(=O)CCc2cc(-c3nc4ccccn4c3CC)ccc21.Cl. The maximum atomic E-state index is 12.1. The summed E-state index contributed by atoms with van der Waals surface area (Å²) in [4.78, 5) is 18.7. The van der Waals surface area contributed by atoms with Crippen LogP contribution < -0.4 is 4.90 Å². The predicted molar refractivity (Wildman–Crippen MR) is 107 cm³/mol. The molecule has 1 aliphatic rings. The lowest BCUT2D eigenvalue weighted by Gasteiger charge is -2.28. The third kappa shape index (κ3) is 2.85. The third-order valence-electron chi connectivity index (χ3n) is 4.77. The second kappa shape index (κ2) is 7.23. The Morgan fingerprint density at radius 3 is 2.85 bits per heavy atom. The first-order chi connectivity index (χ1) is 12.2. The van der Waals surface area contributed by atoms with E-state index in [0.717, 1.165) is 41.0 Å². The van der Waals surface area contributed by atoms with Crippen molar-refractivity contribution in [3.05, 3.63) is 53.9 Å². The predicted octanol–water partition coefficient (Wildman–Crippen LogP) is 3.90. The normalized spacial score (nSPS) is 13.2. The summed E-state index contributed by atoms with van der Waals surface area (Å²) in [5.74, 6) is 2.68. The number of aryl methyl sites for hydroxylation is 2. The second-order valence-corrected chi connectivity index (χ2v) is 6.22. The zero-order valence-corrected chi connectivity index (χ0v) is 15.4. The van der Waals surface area contributed by atoms with Crippen molar-refractivity contribution < 1.29 is 4.79 Å². The summed E-state index contributed by atoms with van der Waals surface area (Å²) in [5.41, 5.74) is 6.34. The van der Waals surface area contributed by atoms with E-state index in [9.17, 15) is 4.79 Å². The number of pyridine rings is 1.